The Morgan fingerprint density at radius 3 is 2.00 bits per heavy atom. The van der Waals surface area contributed by atoms with Gasteiger partial charge in [-0.15, -0.1) is 0 Å². The van der Waals surface area contributed by atoms with Gasteiger partial charge in [-0.2, -0.15) is 0 Å². The van der Waals surface area contributed by atoms with E-state index in [2.05, 4.69) is 16.0 Å². The first-order chi connectivity index (χ1) is 13.3. The van der Waals surface area contributed by atoms with Gasteiger partial charge in [0, 0.05) is 31.7 Å². The molecule has 1 aliphatic rings. The van der Waals surface area contributed by atoms with Gasteiger partial charge in [0.2, 0.25) is 17.7 Å². The quantitative estimate of drug-likeness (QED) is 0.467. The molecule has 9 nitrogen and oxygen atoms in total. The Hall–Kier alpha value is -2.71. The summed E-state index contributed by atoms with van der Waals surface area (Å²) >= 11 is 0. The number of hydrogen-bond donors (Lipinski definition) is 3. The first-order valence-electron chi connectivity index (χ1n) is 9.73. The third kappa shape index (κ3) is 8.05. The van der Waals surface area contributed by atoms with Gasteiger partial charge in [0.1, 0.15) is 12.1 Å². The van der Waals surface area contributed by atoms with Gasteiger partial charge in [0.05, 0.1) is 0 Å². The highest BCUT2D eigenvalue weighted by atomic mass is 16.2. The van der Waals surface area contributed by atoms with E-state index < -0.39 is 35.7 Å². The lowest BCUT2D eigenvalue weighted by atomic mass is 9.97. The fraction of sp³-hybridized carbons (Fsp3) is 0.650. The second-order valence-corrected chi connectivity index (χ2v) is 8.71. The molecule has 0 aromatic heterocycles. The standard InChI is InChI=1S/C20H32N4O5/c1-12(2)17(19(29)22-13(3)18(28)21-11-20(4,5)6)23-14(25)9-10-24-15(26)7-8-16(24)27/h7-8,12-13,17H,9-11H2,1-6H3,(H,21,28)(H,22,29)(H,23,25)/t13-,17-/m0/s1. The molecule has 0 spiro atoms. The van der Waals surface area contributed by atoms with Gasteiger partial charge in [-0.25, -0.2) is 0 Å². The van der Waals surface area contributed by atoms with E-state index in [0.29, 0.717) is 6.54 Å². The number of hydrogen-bond acceptors (Lipinski definition) is 5. The molecular weight excluding hydrogens is 376 g/mol. The predicted molar refractivity (Wildman–Crippen MR) is 107 cm³/mol. The molecule has 9 heteroatoms. The molecule has 0 aromatic rings. The molecule has 0 radical (unpaired) electrons. The van der Waals surface area contributed by atoms with E-state index in [1.165, 1.54) is 0 Å². The number of nitrogens with zero attached hydrogens (tertiary/aromatic N) is 1. The van der Waals surface area contributed by atoms with E-state index in [0.717, 1.165) is 17.1 Å². The fourth-order valence-corrected chi connectivity index (χ4v) is 2.52. The van der Waals surface area contributed by atoms with Gasteiger partial charge < -0.3 is 16.0 Å². The monoisotopic (exact) mass is 408 g/mol. The topological polar surface area (TPSA) is 125 Å². The van der Waals surface area contributed by atoms with E-state index >= 15 is 0 Å². The number of carbonyl (C=O) groups is 5. The summed E-state index contributed by atoms with van der Waals surface area (Å²) in [5, 5.41) is 8.02. The Kier molecular flexibility index (Phi) is 8.54. The van der Waals surface area contributed by atoms with E-state index in [1.54, 1.807) is 20.8 Å². The molecule has 5 amide bonds. The number of amides is 5. The van der Waals surface area contributed by atoms with Crippen LogP contribution >= 0.6 is 0 Å². The third-order valence-electron chi connectivity index (χ3n) is 4.27. The number of rotatable bonds is 9. The van der Waals surface area contributed by atoms with Gasteiger partial charge >= 0.3 is 0 Å². The Bertz CT molecular complexity index is 675. The minimum atomic E-state index is -0.844. The second-order valence-electron chi connectivity index (χ2n) is 8.71. The zero-order valence-electron chi connectivity index (χ0n) is 18.0. The van der Waals surface area contributed by atoms with E-state index in [-0.39, 0.29) is 30.2 Å². The average molecular weight is 408 g/mol. The SMILES string of the molecule is CC(C)[C@H](NC(=O)CCN1C(=O)C=CC1=O)C(=O)N[C@@H](C)C(=O)NCC(C)(C)C. The van der Waals surface area contributed by atoms with E-state index in [1.807, 2.05) is 20.8 Å². The molecule has 0 saturated carbocycles. The van der Waals surface area contributed by atoms with Gasteiger partial charge in [-0.05, 0) is 18.3 Å². The molecule has 0 bridgehead atoms. The molecular formula is C20H32N4O5. The molecule has 0 aliphatic carbocycles. The van der Waals surface area contributed by atoms with E-state index in [4.69, 9.17) is 0 Å². The summed E-state index contributed by atoms with van der Waals surface area (Å²) in [6, 6.07) is -1.60. The molecule has 0 saturated heterocycles. The van der Waals surface area contributed by atoms with Gasteiger partial charge in [-0.1, -0.05) is 34.6 Å². The van der Waals surface area contributed by atoms with Gasteiger partial charge in [0.15, 0.2) is 0 Å². The summed E-state index contributed by atoms with van der Waals surface area (Å²) in [5.41, 5.74) is -0.0819. The Labute approximate surface area is 171 Å². The maximum atomic E-state index is 12.6. The highest BCUT2D eigenvalue weighted by Crippen LogP contribution is 2.10. The lowest BCUT2D eigenvalue weighted by Gasteiger charge is -2.25. The molecule has 0 aromatic carbocycles. The van der Waals surface area contributed by atoms with Crippen LogP contribution in [-0.4, -0.2) is 59.6 Å². The summed E-state index contributed by atoms with van der Waals surface area (Å²) < 4.78 is 0. The molecule has 29 heavy (non-hydrogen) atoms. The second kappa shape index (κ2) is 10.2. The zero-order chi connectivity index (χ0) is 22.4. The fourth-order valence-electron chi connectivity index (χ4n) is 2.52. The van der Waals surface area contributed by atoms with Crippen molar-refractivity contribution in [3.63, 3.8) is 0 Å². The number of nitrogens with one attached hydrogen (secondary N) is 3. The Balaban J connectivity index is 2.56. The highest BCUT2D eigenvalue weighted by molar-refractivity contribution is 6.13. The minimum absolute atomic E-state index is 0.0610. The molecule has 1 aliphatic heterocycles. The number of imide groups is 1. The lowest BCUT2D eigenvalue weighted by Crippen LogP contribution is -2.55. The van der Waals surface area contributed by atoms with Crippen molar-refractivity contribution in [1.29, 1.82) is 0 Å². The van der Waals surface area contributed by atoms with Crippen molar-refractivity contribution in [1.82, 2.24) is 20.9 Å². The molecule has 1 heterocycles. The van der Waals surface area contributed by atoms with Crippen LogP contribution in [0, 0.1) is 11.3 Å². The van der Waals surface area contributed by atoms with Crippen LogP contribution in [0.2, 0.25) is 0 Å². The molecule has 2 atom stereocenters. The molecule has 0 unspecified atom stereocenters. The average Bonchev–Trinajstić information content (AvgIpc) is 2.92. The van der Waals surface area contributed by atoms with Gasteiger partial charge in [0.25, 0.3) is 11.8 Å². The first kappa shape index (κ1) is 24.3. The normalized spacial score (nSPS) is 16.0. The smallest absolute Gasteiger partial charge is 0.253 e. The largest absolute Gasteiger partial charge is 0.354 e. The van der Waals surface area contributed by atoms with Crippen molar-refractivity contribution in [3.8, 4) is 0 Å². The zero-order valence-corrected chi connectivity index (χ0v) is 18.0. The van der Waals surface area contributed by atoms with Crippen LogP contribution < -0.4 is 16.0 Å². The first-order valence-corrected chi connectivity index (χ1v) is 9.73. The maximum absolute atomic E-state index is 12.6. The van der Waals surface area contributed by atoms with Crippen LogP contribution in [0.4, 0.5) is 0 Å². The van der Waals surface area contributed by atoms with Crippen LogP contribution in [0.1, 0.15) is 48.0 Å². The molecule has 0 fully saturated rings. The Morgan fingerprint density at radius 1 is 0.966 bits per heavy atom. The highest BCUT2D eigenvalue weighted by Gasteiger charge is 2.28. The summed E-state index contributed by atoms with van der Waals surface area (Å²) in [6.45, 7) is 11.5. The third-order valence-corrected chi connectivity index (χ3v) is 4.27. The molecule has 162 valence electrons. The number of carbonyl (C=O) groups excluding carboxylic acids is 5. The lowest BCUT2D eigenvalue weighted by molar-refractivity contribution is -0.137. The molecule has 3 N–H and O–H groups in total. The van der Waals surface area contributed by atoms with Crippen molar-refractivity contribution in [2.45, 2.75) is 60.0 Å². The van der Waals surface area contributed by atoms with Crippen molar-refractivity contribution >= 4 is 29.5 Å². The van der Waals surface area contributed by atoms with Crippen molar-refractivity contribution in [2.24, 2.45) is 11.3 Å². The Morgan fingerprint density at radius 2 is 1.52 bits per heavy atom. The molecule has 1 rings (SSSR count). The summed E-state index contributed by atoms with van der Waals surface area (Å²) in [4.78, 5) is 61.0. The van der Waals surface area contributed by atoms with Gasteiger partial charge in [-0.3, -0.25) is 28.9 Å². The van der Waals surface area contributed by atoms with Crippen LogP contribution in [0.3, 0.4) is 0 Å². The maximum Gasteiger partial charge on any atom is 0.253 e. The van der Waals surface area contributed by atoms with Crippen LogP contribution in [-0.2, 0) is 24.0 Å². The van der Waals surface area contributed by atoms with Crippen LogP contribution in [0.5, 0.6) is 0 Å². The summed E-state index contributed by atoms with van der Waals surface area (Å²) in [5.74, 6) is -2.38. The van der Waals surface area contributed by atoms with Crippen molar-refractivity contribution < 1.29 is 24.0 Å². The van der Waals surface area contributed by atoms with Crippen molar-refractivity contribution in [2.75, 3.05) is 13.1 Å². The minimum Gasteiger partial charge on any atom is -0.354 e. The summed E-state index contributed by atoms with van der Waals surface area (Å²) in [6.07, 6.45) is 2.19. The van der Waals surface area contributed by atoms with Crippen LogP contribution in [0.25, 0.3) is 0 Å². The predicted octanol–water partition coefficient (Wildman–Crippen LogP) is 0.109. The summed E-state index contributed by atoms with van der Waals surface area (Å²) in [7, 11) is 0. The van der Waals surface area contributed by atoms with Crippen molar-refractivity contribution in [3.05, 3.63) is 12.2 Å². The van der Waals surface area contributed by atoms with Crippen LogP contribution in [0.15, 0.2) is 12.2 Å². The van der Waals surface area contributed by atoms with E-state index in [9.17, 15) is 24.0 Å².